The topological polar surface area (TPSA) is 58.4 Å². The first-order valence-electron chi connectivity index (χ1n) is 4.99. The van der Waals surface area contributed by atoms with Crippen molar-refractivity contribution in [1.29, 1.82) is 0 Å². The summed E-state index contributed by atoms with van der Waals surface area (Å²) in [5.41, 5.74) is 5.39. The van der Waals surface area contributed by atoms with Crippen LogP contribution in [0.25, 0.3) is 0 Å². The number of urea groups is 1. The number of nitrogens with two attached hydrogens (primary N) is 1. The van der Waals surface area contributed by atoms with E-state index in [0.717, 1.165) is 32.4 Å². The van der Waals surface area contributed by atoms with E-state index in [4.69, 9.17) is 5.73 Å². The standard InChI is InChI=1S/C9H19N3O/c1-8(4-5-10)11-9(13)12-6-2-3-7-12/h8H,2-7,10H2,1H3,(H,11,13). The van der Waals surface area contributed by atoms with Crippen LogP contribution in [0.4, 0.5) is 4.79 Å². The number of carbonyl (C=O) groups excluding carboxylic acids is 1. The maximum absolute atomic E-state index is 11.5. The van der Waals surface area contributed by atoms with Gasteiger partial charge in [-0.2, -0.15) is 0 Å². The molecule has 1 unspecified atom stereocenters. The van der Waals surface area contributed by atoms with Crippen LogP contribution in [0.3, 0.4) is 0 Å². The maximum atomic E-state index is 11.5. The fourth-order valence-corrected chi connectivity index (χ4v) is 1.54. The van der Waals surface area contributed by atoms with Crippen LogP contribution in [-0.2, 0) is 0 Å². The van der Waals surface area contributed by atoms with Crippen LogP contribution in [0.2, 0.25) is 0 Å². The van der Waals surface area contributed by atoms with E-state index in [1.807, 2.05) is 11.8 Å². The highest BCUT2D eigenvalue weighted by Gasteiger charge is 2.18. The molecule has 0 aliphatic carbocycles. The van der Waals surface area contributed by atoms with Crippen molar-refractivity contribution in [3.8, 4) is 0 Å². The smallest absolute Gasteiger partial charge is 0.317 e. The largest absolute Gasteiger partial charge is 0.335 e. The highest BCUT2D eigenvalue weighted by atomic mass is 16.2. The third-order valence-corrected chi connectivity index (χ3v) is 2.36. The number of hydrogen-bond donors (Lipinski definition) is 2. The number of hydrogen-bond acceptors (Lipinski definition) is 2. The van der Waals surface area contributed by atoms with Crippen molar-refractivity contribution < 1.29 is 4.79 Å². The molecule has 4 heteroatoms. The molecule has 4 nitrogen and oxygen atoms in total. The Labute approximate surface area is 79.5 Å². The van der Waals surface area contributed by atoms with Crippen LogP contribution in [0, 0.1) is 0 Å². The van der Waals surface area contributed by atoms with Crippen molar-refractivity contribution in [2.45, 2.75) is 32.2 Å². The van der Waals surface area contributed by atoms with Crippen molar-refractivity contribution in [2.24, 2.45) is 5.73 Å². The highest BCUT2D eigenvalue weighted by Crippen LogP contribution is 2.07. The van der Waals surface area contributed by atoms with E-state index in [0.29, 0.717) is 6.54 Å². The van der Waals surface area contributed by atoms with Gasteiger partial charge in [-0.1, -0.05) is 0 Å². The quantitative estimate of drug-likeness (QED) is 0.674. The predicted octanol–water partition coefficient (Wildman–Crippen LogP) is 0.529. The van der Waals surface area contributed by atoms with Gasteiger partial charge in [-0.3, -0.25) is 0 Å². The van der Waals surface area contributed by atoms with Gasteiger partial charge in [-0.05, 0) is 32.7 Å². The minimum Gasteiger partial charge on any atom is -0.335 e. The highest BCUT2D eigenvalue weighted by molar-refractivity contribution is 5.74. The summed E-state index contributed by atoms with van der Waals surface area (Å²) < 4.78 is 0. The second-order valence-corrected chi connectivity index (χ2v) is 3.62. The fourth-order valence-electron chi connectivity index (χ4n) is 1.54. The van der Waals surface area contributed by atoms with E-state index in [-0.39, 0.29) is 12.1 Å². The summed E-state index contributed by atoms with van der Waals surface area (Å²) in [5, 5.41) is 2.93. The van der Waals surface area contributed by atoms with Crippen molar-refractivity contribution in [1.82, 2.24) is 10.2 Å². The normalized spacial score (nSPS) is 18.8. The summed E-state index contributed by atoms with van der Waals surface area (Å²) in [7, 11) is 0. The predicted molar refractivity (Wildman–Crippen MR) is 52.5 cm³/mol. The molecule has 1 rings (SSSR count). The van der Waals surface area contributed by atoms with Crippen molar-refractivity contribution in [2.75, 3.05) is 19.6 Å². The lowest BCUT2D eigenvalue weighted by molar-refractivity contribution is 0.205. The molecule has 1 aliphatic rings. The second kappa shape index (κ2) is 5.07. The van der Waals surface area contributed by atoms with Gasteiger partial charge in [-0.25, -0.2) is 4.79 Å². The SMILES string of the molecule is CC(CCN)NC(=O)N1CCCC1. The molecule has 1 atom stereocenters. The fraction of sp³-hybridized carbons (Fsp3) is 0.889. The Hall–Kier alpha value is -0.770. The van der Waals surface area contributed by atoms with E-state index in [1.54, 1.807) is 0 Å². The van der Waals surface area contributed by atoms with E-state index in [9.17, 15) is 4.79 Å². The molecule has 0 spiro atoms. The molecule has 1 saturated heterocycles. The lowest BCUT2D eigenvalue weighted by Gasteiger charge is -2.19. The van der Waals surface area contributed by atoms with E-state index in [2.05, 4.69) is 5.32 Å². The number of carbonyl (C=O) groups is 1. The van der Waals surface area contributed by atoms with Crippen LogP contribution < -0.4 is 11.1 Å². The van der Waals surface area contributed by atoms with Crippen LogP contribution in [0.1, 0.15) is 26.2 Å². The van der Waals surface area contributed by atoms with Gasteiger partial charge in [0.15, 0.2) is 0 Å². The summed E-state index contributed by atoms with van der Waals surface area (Å²) in [6, 6.07) is 0.261. The molecule has 1 heterocycles. The van der Waals surface area contributed by atoms with Gasteiger partial charge in [0.25, 0.3) is 0 Å². The first-order chi connectivity index (χ1) is 6.24. The van der Waals surface area contributed by atoms with Crippen molar-refractivity contribution in [3.63, 3.8) is 0 Å². The molecule has 0 aromatic rings. The molecular formula is C9H19N3O. The molecule has 13 heavy (non-hydrogen) atoms. The van der Waals surface area contributed by atoms with Crippen LogP contribution in [0.15, 0.2) is 0 Å². The second-order valence-electron chi connectivity index (χ2n) is 3.62. The molecule has 76 valence electrons. The van der Waals surface area contributed by atoms with E-state index in [1.165, 1.54) is 0 Å². The number of nitrogens with one attached hydrogen (secondary N) is 1. The molecule has 0 aromatic heterocycles. The summed E-state index contributed by atoms with van der Waals surface area (Å²) in [5.74, 6) is 0. The van der Waals surface area contributed by atoms with Gasteiger partial charge in [0.05, 0.1) is 0 Å². The lowest BCUT2D eigenvalue weighted by atomic mass is 10.2. The summed E-state index contributed by atoms with van der Waals surface area (Å²) in [6.07, 6.45) is 3.12. The maximum Gasteiger partial charge on any atom is 0.317 e. The van der Waals surface area contributed by atoms with Crippen molar-refractivity contribution >= 4 is 6.03 Å². The number of amides is 2. The van der Waals surface area contributed by atoms with Gasteiger partial charge in [-0.15, -0.1) is 0 Å². The Bertz CT molecular complexity index is 166. The van der Waals surface area contributed by atoms with Gasteiger partial charge in [0, 0.05) is 19.1 Å². The molecule has 0 aromatic carbocycles. The molecule has 0 saturated carbocycles. The number of rotatable bonds is 3. The molecular weight excluding hydrogens is 166 g/mol. The van der Waals surface area contributed by atoms with Crippen LogP contribution >= 0.6 is 0 Å². The molecule has 1 fully saturated rings. The summed E-state index contributed by atoms with van der Waals surface area (Å²) >= 11 is 0. The van der Waals surface area contributed by atoms with Gasteiger partial charge < -0.3 is 16.0 Å². The Kier molecular flexibility index (Phi) is 4.02. The zero-order chi connectivity index (χ0) is 9.68. The number of likely N-dealkylation sites (tertiary alicyclic amines) is 1. The number of nitrogens with zero attached hydrogens (tertiary/aromatic N) is 1. The minimum absolute atomic E-state index is 0.0680. The Morgan fingerprint density at radius 3 is 2.69 bits per heavy atom. The molecule has 2 amide bonds. The van der Waals surface area contributed by atoms with Gasteiger partial charge in [0.2, 0.25) is 0 Å². The lowest BCUT2D eigenvalue weighted by Crippen LogP contribution is -2.43. The van der Waals surface area contributed by atoms with Gasteiger partial charge in [0.1, 0.15) is 0 Å². The third kappa shape index (κ3) is 3.22. The van der Waals surface area contributed by atoms with Crippen molar-refractivity contribution in [3.05, 3.63) is 0 Å². The van der Waals surface area contributed by atoms with Gasteiger partial charge >= 0.3 is 6.03 Å². The minimum atomic E-state index is 0.0680. The molecule has 0 radical (unpaired) electrons. The average Bonchev–Trinajstić information content (AvgIpc) is 2.55. The monoisotopic (exact) mass is 185 g/mol. The third-order valence-electron chi connectivity index (χ3n) is 2.36. The Morgan fingerprint density at radius 2 is 2.15 bits per heavy atom. The Balaban J connectivity index is 2.23. The van der Waals surface area contributed by atoms with Crippen LogP contribution in [-0.4, -0.2) is 36.6 Å². The molecule has 1 aliphatic heterocycles. The Morgan fingerprint density at radius 1 is 1.54 bits per heavy atom. The van der Waals surface area contributed by atoms with E-state index < -0.39 is 0 Å². The average molecular weight is 185 g/mol. The first-order valence-corrected chi connectivity index (χ1v) is 4.99. The summed E-state index contributed by atoms with van der Waals surface area (Å²) in [4.78, 5) is 13.4. The van der Waals surface area contributed by atoms with Crippen LogP contribution in [0.5, 0.6) is 0 Å². The zero-order valence-corrected chi connectivity index (χ0v) is 8.25. The summed E-state index contributed by atoms with van der Waals surface area (Å²) in [6.45, 7) is 4.42. The molecule has 3 N–H and O–H groups in total. The van der Waals surface area contributed by atoms with E-state index >= 15 is 0 Å². The molecule has 0 bridgehead atoms. The zero-order valence-electron chi connectivity index (χ0n) is 8.25. The first kappa shape index (κ1) is 10.3.